The molecule has 122 valence electrons. The van der Waals surface area contributed by atoms with Crippen molar-refractivity contribution in [2.75, 3.05) is 11.1 Å². The quantitative estimate of drug-likeness (QED) is 0.656. The van der Waals surface area contributed by atoms with Crippen molar-refractivity contribution in [2.24, 2.45) is 0 Å². The van der Waals surface area contributed by atoms with E-state index in [9.17, 15) is 9.18 Å². The van der Waals surface area contributed by atoms with E-state index in [1.54, 1.807) is 12.1 Å². The number of halogens is 2. The van der Waals surface area contributed by atoms with E-state index >= 15 is 0 Å². The topological polar surface area (TPSA) is 72.7 Å². The minimum absolute atomic E-state index is 0.0607. The summed E-state index contributed by atoms with van der Waals surface area (Å²) in [7, 11) is 0. The first-order valence-corrected chi connectivity index (χ1v) is 8.63. The molecule has 0 fully saturated rings. The second kappa shape index (κ2) is 7.54. The highest BCUT2D eigenvalue weighted by molar-refractivity contribution is 9.10. The third kappa shape index (κ3) is 3.98. The van der Waals surface area contributed by atoms with E-state index in [1.165, 1.54) is 28.6 Å². The first-order chi connectivity index (χ1) is 11.6. The summed E-state index contributed by atoms with van der Waals surface area (Å²) in [6, 6.07) is 13.5. The van der Waals surface area contributed by atoms with Gasteiger partial charge in [0.1, 0.15) is 5.82 Å². The van der Waals surface area contributed by atoms with Gasteiger partial charge in [0.05, 0.1) is 17.1 Å². The fourth-order valence-electron chi connectivity index (χ4n) is 1.89. The number of nitrogens with zero attached hydrogens (tertiary/aromatic N) is 4. The SMILES string of the molecule is O=C(CSc1nnnn1-c1ccc(Br)cc1)Nc1ccccc1F. The molecule has 0 aliphatic carbocycles. The van der Waals surface area contributed by atoms with Crippen molar-refractivity contribution in [3.63, 3.8) is 0 Å². The molecule has 6 nitrogen and oxygen atoms in total. The summed E-state index contributed by atoms with van der Waals surface area (Å²) < 4.78 is 16.0. The van der Waals surface area contributed by atoms with Crippen LogP contribution in [0.1, 0.15) is 0 Å². The van der Waals surface area contributed by atoms with Gasteiger partial charge in [0, 0.05) is 4.47 Å². The Kier molecular flexibility index (Phi) is 5.21. The minimum atomic E-state index is -0.476. The molecule has 0 aliphatic rings. The zero-order chi connectivity index (χ0) is 16.9. The summed E-state index contributed by atoms with van der Waals surface area (Å²) in [5.74, 6) is -0.753. The number of benzene rings is 2. The number of thioether (sulfide) groups is 1. The zero-order valence-corrected chi connectivity index (χ0v) is 14.6. The lowest BCUT2D eigenvalue weighted by Gasteiger charge is -2.06. The Morgan fingerprint density at radius 1 is 1.21 bits per heavy atom. The van der Waals surface area contributed by atoms with Crippen molar-refractivity contribution in [2.45, 2.75) is 5.16 Å². The molecule has 0 saturated heterocycles. The molecule has 0 bridgehead atoms. The third-order valence-electron chi connectivity index (χ3n) is 2.99. The van der Waals surface area contributed by atoms with Crippen LogP contribution in [-0.4, -0.2) is 31.9 Å². The Morgan fingerprint density at radius 3 is 2.71 bits per heavy atom. The average molecular weight is 408 g/mol. The van der Waals surface area contributed by atoms with Crippen LogP contribution in [0.4, 0.5) is 10.1 Å². The molecule has 0 atom stereocenters. The van der Waals surface area contributed by atoms with Gasteiger partial charge in [0.2, 0.25) is 11.1 Å². The number of tetrazole rings is 1. The van der Waals surface area contributed by atoms with Crippen molar-refractivity contribution >= 4 is 39.3 Å². The van der Waals surface area contributed by atoms with Crippen LogP contribution < -0.4 is 5.32 Å². The van der Waals surface area contributed by atoms with Crippen molar-refractivity contribution in [1.29, 1.82) is 0 Å². The maximum Gasteiger partial charge on any atom is 0.234 e. The molecule has 3 aromatic rings. The van der Waals surface area contributed by atoms with Crippen LogP contribution in [0.25, 0.3) is 5.69 Å². The number of rotatable bonds is 5. The first-order valence-electron chi connectivity index (χ1n) is 6.85. The second-order valence-corrected chi connectivity index (χ2v) is 6.52. The number of hydrogen-bond donors (Lipinski definition) is 1. The molecule has 1 heterocycles. The van der Waals surface area contributed by atoms with E-state index < -0.39 is 5.82 Å². The van der Waals surface area contributed by atoms with E-state index in [1.807, 2.05) is 24.3 Å². The number of aromatic nitrogens is 4. The third-order valence-corrected chi connectivity index (χ3v) is 4.44. The number of para-hydroxylation sites is 1. The highest BCUT2D eigenvalue weighted by Crippen LogP contribution is 2.20. The standard InChI is InChI=1S/C15H11BrFN5OS/c16-10-5-7-11(8-6-10)22-15(19-20-21-22)24-9-14(23)18-13-4-2-1-3-12(13)17/h1-8H,9H2,(H,18,23). The molecule has 0 aliphatic heterocycles. The number of carbonyl (C=O) groups is 1. The van der Waals surface area contributed by atoms with Gasteiger partial charge in [0.15, 0.2) is 0 Å². The van der Waals surface area contributed by atoms with Crippen LogP contribution in [0.2, 0.25) is 0 Å². The molecular formula is C15H11BrFN5OS. The van der Waals surface area contributed by atoms with E-state index in [2.05, 4.69) is 36.8 Å². The number of hydrogen-bond acceptors (Lipinski definition) is 5. The lowest BCUT2D eigenvalue weighted by molar-refractivity contribution is -0.113. The van der Waals surface area contributed by atoms with Gasteiger partial charge >= 0.3 is 0 Å². The maximum atomic E-state index is 13.5. The minimum Gasteiger partial charge on any atom is -0.323 e. The summed E-state index contributed by atoms with van der Waals surface area (Å²) in [4.78, 5) is 12.0. The Hall–Kier alpha value is -2.26. The molecule has 1 N–H and O–H groups in total. The smallest absolute Gasteiger partial charge is 0.234 e. The fourth-order valence-corrected chi connectivity index (χ4v) is 2.85. The summed E-state index contributed by atoms with van der Waals surface area (Å²) in [6.07, 6.45) is 0. The predicted molar refractivity (Wildman–Crippen MR) is 92.6 cm³/mol. The van der Waals surface area contributed by atoms with Gasteiger partial charge in [-0.3, -0.25) is 4.79 Å². The first kappa shape index (κ1) is 16.6. The number of anilines is 1. The van der Waals surface area contributed by atoms with Crippen LogP contribution in [0.15, 0.2) is 58.2 Å². The monoisotopic (exact) mass is 407 g/mol. The molecule has 9 heteroatoms. The number of nitrogens with one attached hydrogen (secondary N) is 1. The Morgan fingerprint density at radius 2 is 1.96 bits per heavy atom. The molecule has 3 rings (SSSR count). The largest absolute Gasteiger partial charge is 0.323 e. The Bertz CT molecular complexity index is 855. The Balaban J connectivity index is 1.65. The van der Waals surface area contributed by atoms with Crippen LogP contribution in [0, 0.1) is 5.82 Å². The summed E-state index contributed by atoms with van der Waals surface area (Å²) >= 11 is 4.53. The second-order valence-electron chi connectivity index (χ2n) is 4.67. The van der Waals surface area contributed by atoms with Crippen molar-refractivity contribution < 1.29 is 9.18 Å². The van der Waals surface area contributed by atoms with Crippen molar-refractivity contribution in [3.05, 3.63) is 58.8 Å². The zero-order valence-electron chi connectivity index (χ0n) is 12.2. The van der Waals surface area contributed by atoms with Gasteiger partial charge in [0.25, 0.3) is 0 Å². The average Bonchev–Trinajstić information content (AvgIpc) is 3.04. The summed E-state index contributed by atoms with van der Waals surface area (Å²) in [5, 5.41) is 14.5. The van der Waals surface area contributed by atoms with E-state index in [4.69, 9.17) is 0 Å². The maximum absolute atomic E-state index is 13.5. The lowest BCUT2D eigenvalue weighted by atomic mass is 10.3. The van der Waals surface area contributed by atoms with Gasteiger partial charge in [-0.25, -0.2) is 4.39 Å². The lowest BCUT2D eigenvalue weighted by Crippen LogP contribution is -2.15. The van der Waals surface area contributed by atoms with E-state index in [0.717, 1.165) is 10.2 Å². The molecule has 2 aromatic carbocycles. The fraction of sp³-hybridized carbons (Fsp3) is 0.0667. The molecule has 0 unspecified atom stereocenters. The number of amides is 1. The van der Waals surface area contributed by atoms with Crippen LogP contribution in [0.5, 0.6) is 0 Å². The molecule has 0 saturated carbocycles. The van der Waals surface area contributed by atoms with Crippen LogP contribution in [-0.2, 0) is 4.79 Å². The van der Waals surface area contributed by atoms with E-state index in [-0.39, 0.29) is 17.3 Å². The normalized spacial score (nSPS) is 10.6. The van der Waals surface area contributed by atoms with Crippen LogP contribution >= 0.6 is 27.7 Å². The molecule has 24 heavy (non-hydrogen) atoms. The van der Waals surface area contributed by atoms with Crippen molar-refractivity contribution in [3.8, 4) is 5.69 Å². The van der Waals surface area contributed by atoms with Crippen molar-refractivity contribution in [1.82, 2.24) is 20.2 Å². The highest BCUT2D eigenvalue weighted by atomic mass is 79.9. The predicted octanol–water partition coefficient (Wildman–Crippen LogP) is 3.29. The molecule has 1 amide bonds. The molecule has 0 spiro atoms. The van der Waals surface area contributed by atoms with Gasteiger partial charge in [-0.1, -0.05) is 39.8 Å². The number of carbonyl (C=O) groups excluding carboxylic acids is 1. The highest BCUT2D eigenvalue weighted by Gasteiger charge is 2.12. The molecule has 1 aromatic heterocycles. The van der Waals surface area contributed by atoms with Gasteiger partial charge in [-0.05, 0) is 46.8 Å². The summed E-state index contributed by atoms with van der Waals surface area (Å²) in [6.45, 7) is 0. The van der Waals surface area contributed by atoms with Gasteiger partial charge in [-0.15, -0.1) is 5.10 Å². The van der Waals surface area contributed by atoms with E-state index in [0.29, 0.717) is 5.16 Å². The van der Waals surface area contributed by atoms with Gasteiger partial charge in [-0.2, -0.15) is 4.68 Å². The van der Waals surface area contributed by atoms with Gasteiger partial charge < -0.3 is 5.32 Å². The van der Waals surface area contributed by atoms with Crippen LogP contribution in [0.3, 0.4) is 0 Å². The Labute approximate surface area is 149 Å². The molecular weight excluding hydrogens is 397 g/mol. The molecule has 0 radical (unpaired) electrons. The summed E-state index contributed by atoms with van der Waals surface area (Å²) in [5.41, 5.74) is 0.927.